The number of hydrogen-bond acceptors (Lipinski definition) is 0. The van der Waals surface area contributed by atoms with Crippen molar-refractivity contribution < 1.29 is 4.48 Å². The number of allylic oxidation sites excluding steroid dienone is 1. The fourth-order valence-corrected chi connectivity index (χ4v) is 4.37. The van der Waals surface area contributed by atoms with Crippen molar-refractivity contribution >= 4 is 0 Å². The van der Waals surface area contributed by atoms with Gasteiger partial charge >= 0.3 is 0 Å². The molecule has 2 atom stereocenters. The van der Waals surface area contributed by atoms with Crippen LogP contribution in [0.15, 0.2) is 11.6 Å². The van der Waals surface area contributed by atoms with E-state index in [1.54, 1.807) is 5.57 Å². The van der Waals surface area contributed by atoms with Crippen LogP contribution in [0.3, 0.4) is 0 Å². The van der Waals surface area contributed by atoms with E-state index < -0.39 is 0 Å². The van der Waals surface area contributed by atoms with Gasteiger partial charge in [0, 0.05) is 0 Å². The lowest BCUT2D eigenvalue weighted by Gasteiger charge is -2.57. The Bertz CT molecular complexity index is 351. The number of hydrogen-bond donors (Lipinski definition) is 0. The second-order valence-electron chi connectivity index (χ2n) is 8.55. The van der Waals surface area contributed by atoms with Crippen molar-refractivity contribution in [2.45, 2.75) is 65.7 Å². The zero-order valence-corrected chi connectivity index (χ0v) is 14.5. The number of rotatable bonds is 8. The summed E-state index contributed by atoms with van der Waals surface area (Å²) in [7, 11) is 4.86. The average Bonchev–Trinajstić information content (AvgIpc) is 2.37. The summed E-state index contributed by atoms with van der Waals surface area (Å²) in [6.45, 7) is 9.91. The maximum Gasteiger partial charge on any atom is 0.100 e. The number of quaternary nitrogens is 1. The van der Waals surface area contributed by atoms with Gasteiger partial charge in [-0.3, -0.25) is 0 Å². The van der Waals surface area contributed by atoms with E-state index in [2.05, 4.69) is 40.9 Å². The summed E-state index contributed by atoms with van der Waals surface area (Å²) in [5, 5.41) is 0. The first-order valence-corrected chi connectivity index (χ1v) is 8.88. The molecule has 0 spiro atoms. The predicted molar refractivity (Wildman–Crippen MR) is 88.7 cm³/mol. The highest BCUT2D eigenvalue weighted by molar-refractivity contribution is 5.23. The minimum Gasteiger partial charge on any atom is -0.325 e. The topological polar surface area (TPSA) is 0 Å². The van der Waals surface area contributed by atoms with Gasteiger partial charge in [-0.05, 0) is 48.5 Å². The highest BCUT2D eigenvalue weighted by Gasteiger charge is 2.51. The van der Waals surface area contributed by atoms with Crippen LogP contribution in [0.4, 0.5) is 0 Å². The standard InChI is InChI=1S/C19H36N/c1-6-7-8-9-10-13-20(4,5)15-16-11-12-17-14-18(16)19(17,2)3/h11,17-18H,6-10,12-15H2,1-5H3/q+1/t17-,18-/m0/s1. The minimum atomic E-state index is 0.589. The van der Waals surface area contributed by atoms with Crippen molar-refractivity contribution in [3.63, 3.8) is 0 Å². The van der Waals surface area contributed by atoms with E-state index in [1.165, 1.54) is 62.5 Å². The quantitative estimate of drug-likeness (QED) is 0.332. The summed E-state index contributed by atoms with van der Waals surface area (Å²) in [4.78, 5) is 0. The van der Waals surface area contributed by atoms with Gasteiger partial charge in [0.25, 0.3) is 0 Å². The van der Waals surface area contributed by atoms with E-state index in [0.29, 0.717) is 5.41 Å². The third-order valence-corrected chi connectivity index (χ3v) is 6.06. The van der Waals surface area contributed by atoms with Crippen molar-refractivity contribution in [3.05, 3.63) is 11.6 Å². The number of nitrogens with zero attached hydrogens (tertiary/aromatic N) is 1. The first kappa shape index (κ1) is 16.1. The van der Waals surface area contributed by atoms with Crippen LogP contribution in [0.5, 0.6) is 0 Å². The number of unbranched alkanes of at least 4 members (excludes halogenated alkanes) is 4. The monoisotopic (exact) mass is 278 g/mol. The van der Waals surface area contributed by atoms with Gasteiger partial charge in [-0.25, -0.2) is 0 Å². The summed E-state index contributed by atoms with van der Waals surface area (Å²) < 4.78 is 1.19. The first-order valence-electron chi connectivity index (χ1n) is 8.88. The highest BCUT2D eigenvalue weighted by atomic mass is 15.3. The molecule has 0 unspecified atom stereocenters. The van der Waals surface area contributed by atoms with E-state index in [4.69, 9.17) is 0 Å². The molecule has 0 heterocycles. The largest absolute Gasteiger partial charge is 0.325 e. The van der Waals surface area contributed by atoms with Crippen LogP contribution in [0.1, 0.15) is 65.7 Å². The number of fused-ring (bicyclic) bond motifs is 1. The summed E-state index contributed by atoms with van der Waals surface area (Å²) in [5.41, 5.74) is 2.36. The lowest BCUT2D eigenvalue weighted by atomic mass is 9.49. The third kappa shape index (κ3) is 3.47. The molecule has 1 saturated carbocycles. The van der Waals surface area contributed by atoms with Crippen molar-refractivity contribution in [3.8, 4) is 0 Å². The van der Waals surface area contributed by atoms with E-state index in [9.17, 15) is 0 Å². The summed E-state index contributed by atoms with van der Waals surface area (Å²) in [6.07, 6.45) is 12.4. The fourth-order valence-electron chi connectivity index (χ4n) is 4.37. The van der Waals surface area contributed by atoms with Crippen LogP contribution in [0.2, 0.25) is 0 Å². The van der Waals surface area contributed by atoms with E-state index in [-0.39, 0.29) is 0 Å². The summed E-state index contributed by atoms with van der Waals surface area (Å²) >= 11 is 0. The molecule has 2 bridgehead atoms. The molecule has 0 N–H and O–H groups in total. The van der Waals surface area contributed by atoms with Gasteiger partial charge in [0.1, 0.15) is 6.54 Å². The molecule has 0 saturated heterocycles. The van der Waals surface area contributed by atoms with Gasteiger partial charge in [-0.2, -0.15) is 0 Å². The van der Waals surface area contributed by atoms with Crippen LogP contribution in [0, 0.1) is 17.3 Å². The van der Waals surface area contributed by atoms with Gasteiger partial charge in [-0.1, -0.05) is 46.1 Å². The molecule has 3 aliphatic carbocycles. The van der Waals surface area contributed by atoms with Crippen molar-refractivity contribution in [1.82, 2.24) is 0 Å². The average molecular weight is 279 g/mol. The summed E-state index contributed by atoms with van der Waals surface area (Å²) in [6, 6.07) is 0. The molecule has 1 heteroatoms. The number of likely N-dealkylation sites (N-methyl/N-ethyl adjacent to an activating group) is 1. The van der Waals surface area contributed by atoms with Gasteiger partial charge in [-0.15, -0.1) is 0 Å². The molecule has 0 radical (unpaired) electrons. The lowest BCUT2D eigenvalue weighted by Crippen LogP contribution is -2.52. The van der Waals surface area contributed by atoms with Gasteiger partial charge in [0.2, 0.25) is 0 Å². The molecular formula is C19H36N+. The van der Waals surface area contributed by atoms with E-state index in [0.717, 1.165) is 11.8 Å². The highest BCUT2D eigenvalue weighted by Crippen LogP contribution is 2.59. The second-order valence-corrected chi connectivity index (χ2v) is 8.55. The molecule has 1 nitrogen and oxygen atoms in total. The predicted octanol–water partition coefficient (Wildman–Crippen LogP) is 5.03. The molecule has 3 aliphatic rings. The Morgan fingerprint density at radius 1 is 1.15 bits per heavy atom. The Morgan fingerprint density at radius 3 is 2.45 bits per heavy atom. The van der Waals surface area contributed by atoms with Crippen molar-refractivity contribution in [2.75, 3.05) is 27.2 Å². The van der Waals surface area contributed by atoms with Gasteiger partial charge < -0.3 is 4.48 Å². The van der Waals surface area contributed by atoms with Crippen LogP contribution >= 0.6 is 0 Å². The summed E-state index contributed by atoms with van der Waals surface area (Å²) in [5.74, 6) is 1.86. The molecule has 0 amide bonds. The van der Waals surface area contributed by atoms with Crippen molar-refractivity contribution in [1.29, 1.82) is 0 Å². The Balaban J connectivity index is 1.78. The van der Waals surface area contributed by atoms with Gasteiger partial charge in [0.05, 0.1) is 20.6 Å². The smallest absolute Gasteiger partial charge is 0.100 e. The lowest BCUT2D eigenvalue weighted by molar-refractivity contribution is -0.886. The third-order valence-electron chi connectivity index (χ3n) is 6.06. The maximum atomic E-state index is 2.58. The SMILES string of the molecule is CCCCCCC[N+](C)(C)CC1=CC[C@H]2C[C@@H]1C2(C)C. The van der Waals surface area contributed by atoms with Crippen LogP contribution in [-0.2, 0) is 0 Å². The molecular weight excluding hydrogens is 242 g/mol. The Morgan fingerprint density at radius 2 is 1.85 bits per heavy atom. The molecule has 0 aliphatic heterocycles. The van der Waals surface area contributed by atoms with Gasteiger partial charge in [0.15, 0.2) is 0 Å². The minimum absolute atomic E-state index is 0.589. The second kappa shape index (κ2) is 6.22. The van der Waals surface area contributed by atoms with Crippen molar-refractivity contribution in [2.24, 2.45) is 17.3 Å². The Kier molecular flexibility index (Phi) is 5.00. The van der Waals surface area contributed by atoms with Crippen LogP contribution in [0.25, 0.3) is 0 Å². The van der Waals surface area contributed by atoms with E-state index >= 15 is 0 Å². The zero-order chi connectivity index (χ0) is 14.8. The molecule has 1 fully saturated rings. The Labute approximate surface area is 127 Å². The maximum absolute atomic E-state index is 2.58. The fraction of sp³-hybridized carbons (Fsp3) is 0.895. The normalized spacial score (nSPS) is 27.9. The first-order chi connectivity index (χ1) is 9.37. The zero-order valence-electron chi connectivity index (χ0n) is 14.5. The molecule has 0 aromatic carbocycles. The van der Waals surface area contributed by atoms with Crippen LogP contribution in [-0.4, -0.2) is 31.7 Å². The molecule has 0 aromatic rings. The van der Waals surface area contributed by atoms with Crippen LogP contribution < -0.4 is 0 Å². The molecule has 116 valence electrons. The van der Waals surface area contributed by atoms with E-state index in [1.807, 2.05) is 0 Å². The molecule has 3 rings (SSSR count). The molecule has 20 heavy (non-hydrogen) atoms. The molecule has 0 aromatic heterocycles. The Hall–Kier alpha value is -0.300.